The van der Waals surface area contributed by atoms with Crippen LogP contribution in [0.4, 0.5) is 4.39 Å². The lowest BCUT2D eigenvalue weighted by Gasteiger charge is -2.08. The Balaban J connectivity index is 1.93. The first-order valence-electron chi connectivity index (χ1n) is 6.00. The Kier molecular flexibility index (Phi) is 4.36. The summed E-state index contributed by atoms with van der Waals surface area (Å²) in [6.45, 7) is 0.991. The average molecular weight is 261 g/mol. The monoisotopic (exact) mass is 261 g/mol. The molecule has 2 N–H and O–H groups in total. The molecule has 0 heterocycles. The van der Waals surface area contributed by atoms with E-state index in [0.717, 1.165) is 5.56 Å². The number of ether oxygens (including phenoxy) is 1. The zero-order chi connectivity index (χ0) is 13.7. The molecule has 0 atom stereocenters. The molecule has 0 fully saturated rings. The standard InChI is InChI=1S/C15H16FNO2/c1-19-15-7-6-11(8-14(15)18)9-17-10-12-4-2-3-5-13(12)16/h2-8,17-18H,9-10H2,1H3. The highest BCUT2D eigenvalue weighted by molar-refractivity contribution is 5.41. The molecule has 3 nitrogen and oxygen atoms in total. The van der Waals surface area contributed by atoms with Gasteiger partial charge in [-0.3, -0.25) is 0 Å². The van der Waals surface area contributed by atoms with Crippen LogP contribution in [0.25, 0.3) is 0 Å². The molecule has 0 bridgehead atoms. The highest BCUT2D eigenvalue weighted by atomic mass is 19.1. The Morgan fingerprint density at radius 2 is 1.95 bits per heavy atom. The topological polar surface area (TPSA) is 41.5 Å². The van der Waals surface area contributed by atoms with Gasteiger partial charge in [-0.2, -0.15) is 0 Å². The van der Waals surface area contributed by atoms with Gasteiger partial charge in [0.25, 0.3) is 0 Å². The molecule has 0 unspecified atom stereocenters. The van der Waals surface area contributed by atoms with E-state index in [1.54, 1.807) is 30.3 Å². The molecule has 0 aliphatic carbocycles. The Morgan fingerprint density at radius 1 is 1.16 bits per heavy atom. The zero-order valence-corrected chi connectivity index (χ0v) is 10.7. The van der Waals surface area contributed by atoms with E-state index in [9.17, 15) is 9.50 Å². The number of aromatic hydroxyl groups is 1. The molecule has 0 aliphatic heterocycles. The molecule has 4 heteroatoms. The number of halogens is 1. The predicted molar refractivity (Wildman–Crippen MR) is 71.6 cm³/mol. The van der Waals surface area contributed by atoms with Crippen LogP contribution in [-0.2, 0) is 13.1 Å². The van der Waals surface area contributed by atoms with Gasteiger partial charge in [-0.15, -0.1) is 0 Å². The first-order valence-corrected chi connectivity index (χ1v) is 6.00. The summed E-state index contributed by atoms with van der Waals surface area (Å²) in [7, 11) is 1.51. The fraction of sp³-hybridized carbons (Fsp3) is 0.200. The molecule has 0 aliphatic rings. The number of benzene rings is 2. The van der Waals surface area contributed by atoms with Crippen molar-refractivity contribution in [3.63, 3.8) is 0 Å². The van der Waals surface area contributed by atoms with Crippen molar-refractivity contribution in [3.05, 3.63) is 59.4 Å². The number of nitrogens with one attached hydrogen (secondary N) is 1. The van der Waals surface area contributed by atoms with Gasteiger partial charge in [-0.1, -0.05) is 24.3 Å². The normalized spacial score (nSPS) is 10.4. The maximum Gasteiger partial charge on any atom is 0.160 e. The Hall–Kier alpha value is -2.07. The van der Waals surface area contributed by atoms with Gasteiger partial charge >= 0.3 is 0 Å². The summed E-state index contributed by atoms with van der Waals surface area (Å²) in [5, 5.41) is 12.8. The number of hydrogen-bond acceptors (Lipinski definition) is 3. The molecule has 0 aromatic heterocycles. The first-order chi connectivity index (χ1) is 9.20. The van der Waals surface area contributed by atoms with E-state index in [4.69, 9.17) is 4.74 Å². The lowest BCUT2D eigenvalue weighted by Crippen LogP contribution is -2.13. The van der Waals surface area contributed by atoms with Crippen molar-refractivity contribution in [1.29, 1.82) is 0 Å². The molecule has 100 valence electrons. The van der Waals surface area contributed by atoms with Crippen LogP contribution in [-0.4, -0.2) is 12.2 Å². The van der Waals surface area contributed by atoms with Crippen molar-refractivity contribution in [2.45, 2.75) is 13.1 Å². The Labute approximate surface area is 111 Å². The van der Waals surface area contributed by atoms with Crippen LogP contribution in [0.5, 0.6) is 11.5 Å². The molecule has 2 aromatic carbocycles. The molecule has 0 spiro atoms. The largest absolute Gasteiger partial charge is 0.504 e. The van der Waals surface area contributed by atoms with Crippen LogP contribution in [0.1, 0.15) is 11.1 Å². The van der Waals surface area contributed by atoms with Crippen LogP contribution in [0.2, 0.25) is 0 Å². The van der Waals surface area contributed by atoms with Gasteiger partial charge in [0.15, 0.2) is 11.5 Å². The molecule has 2 aromatic rings. The van der Waals surface area contributed by atoms with Gasteiger partial charge in [0.05, 0.1) is 7.11 Å². The Bertz CT molecular complexity index is 558. The minimum absolute atomic E-state index is 0.104. The highest BCUT2D eigenvalue weighted by Gasteiger charge is 2.03. The number of phenolic OH excluding ortho intramolecular Hbond substituents is 1. The third-order valence-electron chi connectivity index (χ3n) is 2.85. The summed E-state index contributed by atoms with van der Waals surface area (Å²) in [6, 6.07) is 11.8. The quantitative estimate of drug-likeness (QED) is 0.869. The number of phenols is 1. The SMILES string of the molecule is COc1ccc(CNCc2ccccc2F)cc1O. The van der Waals surface area contributed by atoms with Crippen molar-refractivity contribution < 1.29 is 14.2 Å². The summed E-state index contributed by atoms with van der Waals surface area (Å²) in [5.41, 5.74) is 1.54. The molecule has 2 rings (SSSR count). The van der Waals surface area contributed by atoms with E-state index >= 15 is 0 Å². The lowest BCUT2D eigenvalue weighted by atomic mass is 10.2. The van der Waals surface area contributed by atoms with Crippen molar-refractivity contribution in [2.75, 3.05) is 7.11 Å². The van der Waals surface area contributed by atoms with Gasteiger partial charge < -0.3 is 15.2 Å². The Morgan fingerprint density at radius 3 is 2.63 bits per heavy atom. The summed E-state index contributed by atoms with van der Waals surface area (Å²) in [5.74, 6) is 0.332. The molecule has 0 saturated carbocycles. The summed E-state index contributed by atoms with van der Waals surface area (Å²) in [4.78, 5) is 0. The third kappa shape index (κ3) is 3.45. The number of hydrogen-bond donors (Lipinski definition) is 2. The van der Waals surface area contributed by atoms with Crippen LogP contribution in [0.3, 0.4) is 0 Å². The maximum atomic E-state index is 13.4. The second-order valence-electron chi connectivity index (χ2n) is 4.20. The number of rotatable bonds is 5. The zero-order valence-electron chi connectivity index (χ0n) is 10.7. The van der Waals surface area contributed by atoms with E-state index in [1.165, 1.54) is 13.2 Å². The van der Waals surface area contributed by atoms with Crippen LogP contribution in [0, 0.1) is 5.82 Å². The predicted octanol–water partition coefficient (Wildman–Crippen LogP) is 2.83. The van der Waals surface area contributed by atoms with Gasteiger partial charge in [0.2, 0.25) is 0 Å². The fourth-order valence-electron chi connectivity index (χ4n) is 1.83. The van der Waals surface area contributed by atoms with E-state index in [-0.39, 0.29) is 11.6 Å². The molecular formula is C15H16FNO2. The smallest absolute Gasteiger partial charge is 0.160 e. The number of methoxy groups -OCH3 is 1. The molecule has 0 radical (unpaired) electrons. The van der Waals surface area contributed by atoms with Crippen molar-refractivity contribution in [2.24, 2.45) is 0 Å². The van der Waals surface area contributed by atoms with Crippen molar-refractivity contribution >= 4 is 0 Å². The first kappa shape index (κ1) is 13.4. The fourth-order valence-corrected chi connectivity index (χ4v) is 1.83. The van der Waals surface area contributed by atoms with Crippen LogP contribution < -0.4 is 10.1 Å². The van der Waals surface area contributed by atoms with Crippen molar-refractivity contribution in [1.82, 2.24) is 5.32 Å². The maximum absolute atomic E-state index is 13.4. The lowest BCUT2D eigenvalue weighted by molar-refractivity contribution is 0.373. The summed E-state index contributed by atoms with van der Waals surface area (Å²) >= 11 is 0. The molecular weight excluding hydrogens is 245 g/mol. The van der Waals surface area contributed by atoms with E-state index in [0.29, 0.717) is 24.4 Å². The van der Waals surface area contributed by atoms with Gasteiger partial charge in [-0.25, -0.2) is 4.39 Å². The van der Waals surface area contributed by atoms with Crippen LogP contribution in [0.15, 0.2) is 42.5 Å². The molecule has 0 amide bonds. The average Bonchev–Trinajstić information content (AvgIpc) is 2.41. The third-order valence-corrected chi connectivity index (χ3v) is 2.85. The molecule has 19 heavy (non-hydrogen) atoms. The second-order valence-corrected chi connectivity index (χ2v) is 4.20. The summed E-state index contributed by atoms with van der Waals surface area (Å²) < 4.78 is 18.4. The molecule has 0 saturated heterocycles. The van der Waals surface area contributed by atoms with Gasteiger partial charge in [0, 0.05) is 18.7 Å². The highest BCUT2D eigenvalue weighted by Crippen LogP contribution is 2.26. The van der Waals surface area contributed by atoms with Crippen LogP contribution >= 0.6 is 0 Å². The van der Waals surface area contributed by atoms with E-state index in [1.807, 2.05) is 6.07 Å². The van der Waals surface area contributed by atoms with E-state index in [2.05, 4.69) is 5.32 Å². The minimum Gasteiger partial charge on any atom is -0.504 e. The second kappa shape index (κ2) is 6.20. The van der Waals surface area contributed by atoms with Crippen molar-refractivity contribution in [3.8, 4) is 11.5 Å². The van der Waals surface area contributed by atoms with Gasteiger partial charge in [0.1, 0.15) is 5.82 Å². The van der Waals surface area contributed by atoms with Gasteiger partial charge in [-0.05, 0) is 23.8 Å². The van der Waals surface area contributed by atoms with E-state index < -0.39 is 0 Å². The minimum atomic E-state index is -0.215. The summed E-state index contributed by atoms with van der Waals surface area (Å²) in [6.07, 6.45) is 0.